The molecular formula is C10H15N3O. The lowest BCUT2D eigenvalue weighted by Crippen LogP contribution is -2.46. The fourth-order valence-electron chi connectivity index (χ4n) is 1.28. The molecule has 4 N–H and O–H groups in total. The molecule has 1 aromatic rings. The highest BCUT2D eigenvalue weighted by Crippen LogP contribution is 2.02. The fraction of sp³-hybridized carbons (Fsp3) is 0.300. The second-order valence-electron chi connectivity index (χ2n) is 3.04. The average Bonchev–Trinajstić information content (AvgIpc) is 2.26. The van der Waals surface area contributed by atoms with Crippen molar-refractivity contribution in [3.63, 3.8) is 0 Å². The predicted octanol–water partition coefficient (Wildman–Crippen LogP) is -0.193. The third kappa shape index (κ3) is 2.83. The second-order valence-corrected chi connectivity index (χ2v) is 3.04. The van der Waals surface area contributed by atoms with E-state index in [1.165, 1.54) is 0 Å². The molecule has 0 unspecified atom stereocenters. The summed E-state index contributed by atoms with van der Waals surface area (Å²) in [5.74, 6) is 4.86. The van der Waals surface area contributed by atoms with Gasteiger partial charge in [0.05, 0.1) is 6.04 Å². The summed E-state index contributed by atoms with van der Waals surface area (Å²) in [4.78, 5) is 11.2. The molecule has 4 heteroatoms. The Morgan fingerprint density at radius 1 is 1.43 bits per heavy atom. The molecule has 0 aromatic heterocycles. The highest BCUT2D eigenvalue weighted by atomic mass is 16.2. The fourth-order valence-corrected chi connectivity index (χ4v) is 1.28. The number of nitrogens with two attached hydrogens (primary N) is 1. The first-order valence-corrected chi connectivity index (χ1v) is 4.49. The Bertz CT molecular complexity index is 287. The van der Waals surface area contributed by atoms with E-state index < -0.39 is 0 Å². The number of rotatable bonds is 4. The molecule has 0 radical (unpaired) electrons. The first kappa shape index (κ1) is 10.7. The number of carbonyl (C=O) groups is 1. The van der Waals surface area contributed by atoms with Gasteiger partial charge >= 0.3 is 0 Å². The summed E-state index contributed by atoms with van der Waals surface area (Å²) in [5.41, 5.74) is 3.24. The van der Waals surface area contributed by atoms with Crippen LogP contribution in [0.15, 0.2) is 30.3 Å². The molecule has 4 nitrogen and oxygen atoms in total. The summed E-state index contributed by atoms with van der Waals surface area (Å²) < 4.78 is 0. The normalized spacial score (nSPS) is 12.1. The zero-order valence-electron chi connectivity index (χ0n) is 8.16. The van der Waals surface area contributed by atoms with Crippen molar-refractivity contribution >= 4 is 5.91 Å². The molecule has 0 saturated heterocycles. The predicted molar refractivity (Wildman–Crippen MR) is 55.3 cm³/mol. The van der Waals surface area contributed by atoms with E-state index in [0.29, 0.717) is 6.42 Å². The third-order valence-corrected chi connectivity index (χ3v) is 2.09. The Balaban J connectivity index is 2.62. The van der Waals surface area contributed by atoms with Crippen LogP contribution < -0.4 is 16.6 Å². The minimum Gasteiger partial charge on any atom is -0.309 e. The van der Waals surface area contributed by atoms with Gasteiger partial charge in [-0.05, 0) is 19.0 Å². The molecule has 14 heavy (non-hydrogen) atoms. The van der Waals surface area contributed by atoms with E-state index in [-0.39, 0.29) is 11.9 Å². The Kier molecular flexibility index (Phi) is 4.10. The third-order valence-electron chi connectivity index (χ3n) is 2.09. The molecule has 0 aliphatic heterocycles. The smallest absolute Gasteiger partial charge is 0.251 e. The van der Waals surface area contributed by atoms with Crippen molar-refractivity contribution in [3.8, 4) is 0 Å². The molecule has 0 saturated carbocycles. The van der Waals surface area contributed by atoms with E-state index in [2.05, 4.69) is 10.7 Å². The van der Waals surface area contributed by atoms with Gasteiger partial charge in [-0.1, -0.05) is 30.3 Å². The number of hydrazine groups is 1. The number of nitrogens with one attached hydrogen (secondary N) is 2. The Labute approximate surface area is 83.5 Å². The van der Waals surface area contributed by atoms with E-state index in [9.17, 15) is 4.79 Å². The summed E-state index contributed by atoms with van der Waals surface area (Å²) in [6.45, 7) is 0. The van der Waals surface area contributed by atoms with Crippen LogP contribution in [0.4, 0.5) is 0 Å². The van der Waals surface area contributed by atoms with Crippen LogP contribution in [0, 0.1) is 0 Å². The van der Waals surface area contributed by atoms with E-state index in [4.69, 9.17) is 5.84 Å². The number of hydrogen-bond acceptors (Lipinski definition) is 3. The van der Waals surface area contributed by atoms with Crippen LogP contribution in [0.25, 0.3) is 0 Å². The van der Waals surface area contributed by atoms with Crippen molar-refractivity contribution in [1.29, 1.82) is 0 Å². The van der Waals surface area contributed by atoms with Crippen molar-refractivity contribution in [2.24, 2.45) is 5.84 Å². The van der Waals surface area contributed by atoms with Crippen LogP contribution in [0.2, 0.25) is 0 Å². The lowest BCUT2D eigenvalue weighted by molar-refractivity contribution is -0.123. The summed E-state index contributed by atoms with van der Waals surface area (Å²) in [6, 6.07) is 9.52. The van der Waals surface area contributed by atoms with Crippen molar-refractivity contribution < 1.29 is 4.79 Å². The van der Waals surface area contributed by atoms with Gasteiger partial charge in [0.2, 0.25) is 0 Å². The minimum absolute atomic E-state index is 0.198. The maximum absolute atomic E-state index is 11.2. The molecule has 0 heterocycles. The molecule has 1 rings (SSSR count). The van der Waals surface area contributed by atoms with Gasteiger partial charge in [-0.25, -0.2) is 5.84 Å². The number of carbonyl (C=O) groups excluding carboxylic acids is 1. The second kappa shape index (κ2) is 5.36. The van der Waals surface area contributed by atoms with E-state index in [1.54, 1.807) is 7.05 Å². The topological polar surface area (TPSA) is 67.2 Å². The zero-order chi connectivity index (χ0) is 10.4. The van der Waals surface area contributed by atoms with Gasteiger partial charge in [0.25, 0.3) is 5.91 Å². The SMILES string of the molecule is CN[C@@H](Cc1ccccc1)C(=O)NN. The van der Waals surface area contributed by atoms with Crippen LogP contribution in [0.3, 0.4) is 0 Å². The van der Waals surface area contributed by atoms with Gasteiger partial charge in [0, 0.05) is 0 Å². The maximum Gasteiger partial charge on any atom is 0.251 e. The van der Waals surface area contributed by atoms with Crippen LogP contribution >= 0.6 is 0 Å². The number of amides is 1. The maximum atomic E-state index is 11.2. The monoisotopic (exact) mass is 193 g/mol. The van der Waals surface area contributed by atoms with Gasteiger partial charge in [-0.3, -0.25) is 10.2 Å². The van der Waals surface area contributed by atoms with Gasteiger partial charge in [-0.2, -0.15) is 0 Å². The zero-order valence-corrected chi connectivity index (χ0v) is 8.16. The van der Waals surface area contributed by atoms with Crippen LogP contribution in [0.1, 0.15) is 5.56 Å². The molecule has 1 aromatic carbocycles. The average molecular weight is 193 g/mol. The van der Waals surface area contributed by atoms with E-state index in [1.807, 2.05) is 30.3 Å². The molecular weight excluding hydrogens is 178 g/mol. The molecule has 0 fully saturated rings. The highest BCUT2D eigenvalue weighted by molar-refractivity contribution is 5.81. The van der Waals surface area contributed by atoms with Crippen molar-refractivity contribution in [2.45, 2.75) is 12.5 Å². The first-order valence-electron chi connectivity index (χ1n) is 4.49. The van der Waals surface area contributed by atoms with E-state index in [0.717, 1.165) is 5.56 Å². The standard InChI is InChI=1S/C10H15N3O/c1-12-9(10(14)13-11)7-8-5-3-2-4-6-8/h2-6,9,12H,7,11H2,1H3,(H,13,14)/t9-/m0/s1. The van der Waals surface area contributed by atoms with Gasteiger partial charge in [-0.15, -0.1) is 0 Å². The van der Waals surface area contributed by atoms with Crippen LogP contribution in [-0.2, 0) is 11.2 Å². The number of hydrogen-bond donors (Lipinski definition) is 3. The number of likely N-dealkylation sites (N-methyl/N-ethyl adjacent to an activating group) is 1. The molecule has 1 amide bonds. The van der Waals surface area contributed by atoms with Gasteiger partial charge in [0.1, 0.15) is 0 Å². The quantitative estimate of drug-likeness (QED) is 0.352. The summed E-state index contributed by atoms with van der Waals surface area (Å²) in [6.07, 6.45) is 0.639. The van der Waals surface area contributed by atoms with Crippen molar-refractivity contribution in [3.05, 3.63) is 35.9 Å². The van der Waals surface area contributed by atoms with Crippen molar-refractivity contribution in [2.75, 3.05) is 7.05 Å². The summed E-state index contributed by atoms with van der Waals surface area (Å²) >= 11 is 0. The molecule has 1 atom stereocenters. The first-order chi connectivity index (χ1) is 6.77. The van der Waals surface area contributed by atoms with E-state index >= 15 is 0 Å². The Morgan fingerprint density at radius 2 is 2.07 bits per heavy atom. The molecule has 0 aliphatic carbocycles. The number of benzene rings is 1. The summed E-state index contributed by atoms with van der Waals surface area (Å²) in [7, 11) is 1.74. The molecule has 0 spiro atoms. The minimum atomic E-state index is -0.276. The Hall–Kier alpha value is -1.39. The Morgan fingerprint density at radius 3 is 2.57 bits per heavy atom. The largest absolute Gasteiger partial charge is 0.309 e. The lowest BCUT2D eigenvalue weighted by atomic mass is 10.1. The van der Waals surface area contributed by atoms with Crippen LogP contribution in [-0.4, -0.2) is 19.0 Å². The summed E-state index contributed by atoms with van der Waals surface area (Å²) in [5, 5.41) is 2.91. The van der Waals surface area contributed by atoms with Gasteiger partial charge in [0.15, 0.2) is 0 Å². The lowest BCUT2D eigenvalue weighted by Gasteiger charge is -2.13. The molecule has 0 bridgehead atoms. The highest BCUT2D eigenvalue weighted by Gasteiger charge is 2.14. The molecule has 76 valence electrons. The van der Waals surface area contributed by atoms with Gasteiger partial charge < -0.3 is 5.32 Å². The molecule has 0 aliphatic rings. The van der Waals surface area contributed by atoms with Crippen LogP contribution in [0.5, 0.6) is 0 Å². The van der Waals surface area contributed by atoms with Crippen molar-refractivity contribution in [1.82, 2.24) is 10.7 Å².